The molecule has 29 heavy (non-hydrogen) atoms. The van der Waals surface area contributed by atoms with Crippen LogP contribution in [0.3, 0.4) is 0 Å². The van der Waals surface area contributed by atoms with Crippen LogP contribution >= 0.6 is 11.6 Å². The third kappa shape index (κ3) is 4.60. The molecule has 1 N–H and O–H groups in total. The normalized spacial score (nSPS) is 10.7. The predicted octanol–water partition coefficient (Wildman–Crippen LogP) is 3.39. The van der Waals surface area contributed by atoms with Crippen LogP contribution in [0.4, 0.5) is 10.1 Å². The number of halogens is 2. The van der Waals surface area contributed by atoms with E-state index in [2.05, 4.69) is 10.4 Å². The van der Waals surface area contributed by atoms with Gasteiger partial charge in [0.25, 0.3) is 11.5 Å². The lowest BCUT2D eigenvalue weighted by molar-refractivity contribution is -0.119. The van der Waals surface area contributed by atoms with Crippen molar-refractivity contribution in [2.45, 2.75) is 19.9 Å². The number of nitrogens with zero attached hydrogens (tertiary/aromatic N) is 2. The van der Waals surface area contributed by atoms with Gasteiger partial charge in [-0.3, -0.25) is 9.59 Å². The SMILES string of the molecule is CCCn1nc(C(=O)OCC(=O)Nc2ccc(F)c(Cl)c2)c2ccccc2c1=O. The van der Waals surface area contributed by atoms with Crippen LogP contribution in [-0.2, 0) is 16.1 Å². The first-order valence-electron chi connectivity index (χ1n) is 8.82. The van der Waals surface area contributed by atoms with Crippen LogP contribution < -0.4 is 10.9 Å². The lowest BCUT2D eigenvalue weighted by atomic mass is 10.1. The lowest BCUT2D eigenvalue weighted by Gasteiger charge is -2.10. The molecule has 0 atom stereocenters. The van der Waals surface area contributed by atoms with Gasteiger partial charge in [-0.1, -0.05) is 36.7 Å². The Balaban J connectivity index is 1.77. The van der Waals surface area contributed by atoms with E-state index in [0.717, 1.165) is 6.07 Å². The van der Waals surface area contributed by atoms with E-state index in [1.54, 1.807) is 24.3 Å². The highest BCUT2D eigenvalue weighted by molar-refractivity contribution is 6.31. The number of carbonyl (C=O) groups excluding carboxylic acids is 2. The van der Waals surface area contributed by atoms with Gasteiger partial charge in [0.2, 0.25) is 0 Å². The van der Waals surface area contributed by atoms with Gasteiger partial charge in [0, 0.05) is 17.6 Å². The molecule has 0 aliphatic heterocycles. The largest absolute Gasteiger partial charge is 0.451 e. The summed E-state index contributed by atoms with van der Waals surface area (Å²) in [5.41, 5.74) is -0.0891. The highest BCUT2D eigenvalue weighted by Crippen LogP contribution is 2.19. The highest BCUT2D eigenvalue weighted by Gasteiger charge is 2.19. The van der Waals surface area contributed by atoms with Crippen molar-refractivity contribution in [2.75, 3.05) is 11.9 Å². The molecule has 0 fully saturated rings. The zero-order chi connectivity index (χ0) is 21.0. The van der Waals surface area contributed by atoms with Crippen molar-refractivity contribution in [1.29, 1.82) is 0 Å². The van der Waals surface area contributed by atoms with Crippen molar-refractivity contribution in [2.24, 2.45) is 0 Å². The van der Waals surface area contributed by atoms with E-state index in [-0.39, 0.29) is 22.0 Å². The highest BCUT2D eigenvalue weighted by atomic mass is 35.5. The Morgan fingerprint density at radius 3 is 2.62 bits per heavy atom. The number of aromatic nitrogens is 2. The second-order valence-electron chi connectivity index (χ2n) is 6.18. The number of amides is 1. The summed E-state index contributed by atoms with van der Waals surface area (Å²) >= 11 is 5.67. The van der Waals surface area contributed by atoms with Gasteiger partial charge in [-0.05, 0) is 30.7 Å². The minimum absolute atomic E-state index is 0.0497. The van der Waals surface area contributed by atoms with Crippen molar-refractivity contribution in [3.05, 3.63) is 69.4 Å². The summed E-state index contributed by atoms with van der Waals surface area (Å²) in [6.45, 7) is 1.64. The first kappa shape index (κ1) is 20.5. The lowest BCUT2D eigenvalue weighted by Crippen LogP contribution is -2.27. The van der Waals surface area contributed by atoms with Gasteiger partial charge < -0.3 is 10.1 Å². The monoisotopic (exact) mass is 417 g/mol. The van der Waals surface area contributed by atoms with E-state index in [4.69, 9.17) is 16.3 Å². The Morgan fingerprint density at radius 2 is 1.93 bits per heavy atom. The minimum Gasteiger partial charge on any atom is -0.451 e. The third-order valence-corrected chi connectivity index (χ3v) is 4.32. The van der Waals surface area contributed by atoms with Gasteiger partial charge in [-0.25, -0.2) is 13.9 Å². The number of anilines is 1. The zero-order valence-corrected chi connectivity index (χ0v) is 16.2. The molecule has 3 rings (SSSR count). The summed E-state index contributed by atoms with van der Waals surface area (Å²) in [5.74, 6) is -2.08. The molecule has 0 bridgehead atoms. The number of hydrogen-bond donors (Lipinski definition) is 1. The summed E-state index contributed by atoms with van der Waals surface area (Å²) in [4.78, 5) is 37.0. The third-order valence-electron chi connectivity index (χ3n) is 4.03. The average molecular weight is 418 g/mol. The van der Waals surface area contributed by atoms with Crippen LogP contribution in [0.5, 0.6) is 0 Å². The number of fused-ring (bicyclic) bond motifs is 1. The van der Waals surface area contributed by atoms with Crippen LogP contribution in [0, 0.1) is 5.82 Å². The average Bonchev–Trinajstić information content (AvgIpc) is 2.71. The van der Waals surface area contributed by atoms with E-state index in [1.165, 1.54) is 16.8 Å². The van der Waals surface area contributed by atoms with Gasteiger partial charge >= 0.3 is 5.97 Å². The standard InChI is InChI=1S/C20H17ClFN3O4/c1-2-9-25-19(27)14-6-4-3-5-13(14)18(24-25)20(28)29-11-17(26)23-12-7-8-16(22)15(21)10-12/h3-8,10H,2,9,11H2,1H3,(H,23,26). The van der Waals surface area contributed by atoms with Gasteiger partial charge in [0.1, 0.15) is 5.82 Å². The van der Waals surface area contributed by atoms with Gasteiger partial charge in [0.15, 0.2) is 12.3 Å². The molecular weight excluding hydrogens is 401 g/mol. The van der Waals surface area contributed by atoms with Crippen molar-refractivity contribution in [3.63, 3.8) is 0 Å². The molecule has 150 valence electrons. The second kappa shape index (κ2) is 8.83. The van der Waals surface area contributed by atoms with E-state index in [0.29, 0.717) is 23.7 Å². The van der Waals surface area contributed by atoms with E-state index in [9.17, 15) is 18.8 Å². The first-order chi connectivity index (χ1) is 13.9. The van der Waals surface area contributed by atoms with Crippen LogP contribution in [-0.4, -0.2) is 28.3 Å². The smallest absolute Gasteiger partial charge is 0.359 e. The Hall–Kier alpha value is -3.26. The summed E-state index contributed by atoms with van der Waals surface area (Å²) in [7, 11) is 0. The molecule has 0 aliphatic rings. The van der Waals surface area contributed by atoms with Gasteiger partial charge in [0.05, 0.1) is 10.4 Å². The van der Waals surface area contributed by atoms with Crippen molar-refractivity contribution < 1.29 is 18.7 Å². The van der Waals surface area contributed by atoms with E-state index >= 15 is 0 Å². The fraction of sp³-hybridized carbons (Fsp3) is 0.200. The number of hydrogen-bond acceptors (Lipinski definition) is 5. The Bertz CT molecular complexity index is 1150. The molecule has 1 amide bonds. The molecule has 0 saturated carbocycles. The van der Waals surface area contributed by atoms with Crippen LogP contribution in [0.2, 0.25) is 5.02 Å². The fourth-order valence-electron chi connectivity index (χ4n) is 2.72. The zero-order valence-electron chi connectivity index (χ0n) is 15.4. The van der Waals surface area contributed by atoms with Crippen molar-refractivity contribution in [3.8, 4) is 0 Å². The minimum atomic E-state index is -0.835. The number of rotatable bonds is 6. The number of ether oxygens (including phenoxy) is 1. The second-order valence-corrected chi connectivity index (χ2v) is 6.58. The first-order valence-corrected chi connectivity index (χ1v) is 9.20. The van der Waals surface area contributed by atoms with Crippen LogP contribution in [0.25, 0.3) is 10.8 Å². The topological polar surface area (TPSA) is 90.3 Å². The van der Waals surface area contributed by atoms with Crippen molar-refractivity contribution >= 4 is 39.9 Å². The maximum absolute atomic E-state index is 13.2. The number of aryl methyl sites for hydroxylation is 1. The molecule has 0 spiro atoms. The fourth-order valence-corrected chi connectivity index (χ4v) is 2.90. The summed E-state index contributed by atoms with van der Waals surface area (Å²) < 4.78 is 19.4. The Morgan fingerprint density at radius 1 is 1.21 bits per heavy atom. The molecule has 1 heterocycles. The number of esters is 1. The number of nitrogens with one attached hydrogen (secondary N) is 1. The van der Waals surface area contributed by atoms with Crippen molar-refractivity contribution in [1.82, 2.24) is 9.78 Å². The molecule has 0 unspecified atom stereocenters. The maximum atomic E-state index is 13.2. The number of carbonyl (C=O) groups is 2. The molecule has 9 heteroatoms. The molecule has 1 aromatic heterocycles. The van der Waals surface area contributed by atoms with E-state index in [1.807, 2.05) is 6.92 Å². The molecule has 2 aromatic carbocycles. The molecule has 0 saturated heterocycles. The number of benzene rings is 2. The Labute approximate surface area is 170 Å². The van der Waals surface area contributed by atoms with Crippen LogP contribution in [0.1, 0.15) is 23.8 Å². The van der Waals surface area contributed by atoms with Gasteiger partial charge in [-0.2, -0.15) is 5.10 Å². The summed E-state index contributed by atoms with van der Waals surface area (Å²) in [6, 6.07) is 10.2. The molecular formula is C20H17ClFN3O4. The molecule has 7 nitrogen and oxygen atoms in total. The molecule has 3 aromatic rings. The molecule has 0 aliphatic carbocycles. The summed E-state index contributed by atoms with van der Waals surface area (Å²) in [5, 5.41) is 7.11. The quantitative estimate of drug-likeness (QED) is 0.621. The Kier molecular flexibility index (Phi) is 6.23. The summed E-state index contributed by atoms with van der Waals surface area (Å²) in [6.07, 6.45) is 0.655. The van der Waals surface area contributed by atoms with Gasteiger partial charge in [-0.15, -0.1) is 0 Å². The molecule has 0 radical (unpaired) electrons. The van der Waals surface area contributed by atoms with E-state index < -0.39 is 24.3 Å². The van der Waals surface area contributed by atoms with Crippen LogP contribution in [0.15, 0.2) is 47.3 Å². The predicted molar refractivity (Wildman–Crippen MR) is 107 cm³/mol. The maximum Gasteiger partial charge on any atom is 0.359 e.